The Morgan fingerprint density at radius 2 is 1.67 bits per heavy atom. The number of ether oxygens (including phenoxy) is 1. The Balaban J connectivity index is 3.04. The van der Waals surface area contributed by atoms with Crippen molar-refractivity contribution >= 4 is 21.7 Å². The largest absolute Gasteiger partial charge is 0.573 e. The van der Waals surface area contributed by atoms with Crippen molar-refractivity contribution in [2.24, 2.45) is 0 Å². The van der Waals surface area contributed by atoms with Crippen molar-refractivity contribution in [2.45, 2.75) is 12.5 Å². The molecular weight excluding hydrogens is 334 g/mol. The van der Waals surface area contributed by atoms with Crippen LogP contribution in [0, 0.1) is 0 Å². The Morgan fingerprint density at radius 1 is 1.11 bits per heavy atom. The van der Waals surface area contributed by atoms with Gasteiger partial charge in [-0.2, -0.15) is 13.2 Å². The molecule has 0 amide bonds. The second kappa shape index (κ2) is 4.79. The molecule has 1 aromatic rings. The number of carbonyl (C=O) groups is 1. The van der Waals surface area contributed by atoms with Gasteiger partial charge in [0.05, 0.1) is 0 Å². The summed E-state index contributed by atoms with van der Waals surface area (Å²) in [7, 11) is 0. The van der Waals surface area contributed by atoms with Gasteiger partial charge in [0.1, 0.15) is 5.75 Å². The highest BCUT2D eigenvalue weighted by molar-refractivity contribution is 9.10. The van der Waals surface area contributed by atoms with Gasteiger partial charge in [-0.1, -0.05) is 0 Å². The lowest BCUT2D eigenvalue weighted by Crippen LogP contribution is -2.23. The molecule has 0 atom stereocenters. The van der Waals surface area contributed by atoms with Crippen molar-refractivity contribution < 1.29 is 35.9 Å². The molecule has 0 heterocycles. The zero-order chi connectivity index (χ0) is 14.1. The molecule has 0 saturated carbocycles. The van der Waals surface area contributed by atoms with Gasteiger partial charge in [0.25, 0.3) is 5.78 Å². The van der Waals surface area contributed by atoms with Crippen LogP contribution in [0.1, 0.15) is 10.4 Å². The zero-order valence-corrected chi connectivity index (χ0v) is 9.78. The van der Waals surface area contributed by atoms with E-state index in [1.807, 2.05) is 0 Å². The molecule has 0 aliphatic rings. The molecule has 0 fully saturated rings. The summed E-state index contributed by atoms with van der Waals surface area (Å²) in [6, 6.07) is 1.85. The van der Waals surface area contributed by atoms with Crippen LogP contribution in [0.5, 0.6) is 5.75 Å². The zero-order valence-electron chi connectivity index (χ0n) is 8.19. The lowest BCUT2D eigenvalue weighted by molar-refractivity contribution is -0.274. The number of Topliss-reactive ketones (excluding diaryl/α,β-unsaturated/α-hetero) is 1. The summed E-state index contributed by atoms with van der Waals surface area (Å²) < 4.78 is 74.9. The summed E-state index contributed by atoms with van der Waals surface area (Å²) in [5.74, 6) is -2.89. The molecule has 1 rings (SSSR count). The molecule has 0 radical (unpaired) electrons. The topological polar surface area (TPSA) is 26.3 Å². The summed E-state index contributed by atoms with van der Waals surface area (Å²) in [6.07, 6.45) is -10.1. The molecule has 0 spiro atoms. The predicted octanol–water partition coefficient (Wildman–Crippen LogP) is 4.09. The Labute approximate surface area is 105 Å². The van der Waals surface area contributed by atoms with Crippen LogP contribution in [-0.2, 0) is 0 Å². The van der Waals surface area contributed by atoms with Crippen LogP contribution >= 0.6 is 15.9 Å². The number of rotatable bonds is 2. The van der Waals surface area contributed by atoms with Crippen LogP contribution in [0.25, 0.3) is 0 Å². The lowest BCUT2D eigenvalue weighted by atomic mass is 10.1. The molecule has 0 saturated heterocycles. The van der Waals surface area contributed by atoms with E-state index in [9.17, 15) is 31.1 Å². The van der Waals surface area contributed by atoms with Gasteiger partial charge in [-0.15, -0.1) is 13.2 Å². The Kier molecular flexibility index (Phi) is 3.94. The van der Waals surface area contributed by atoms with Crippen LogP contribution < -0.4 is 4.74 Å². The molecule has 0 bridgehead atoms. The Bertz CT molecular complexity index is 465. The molecule has 2 nitrogen and oxygen atoms in total. The molecule has 18 heavy (non-hydrogen) atoms. The van der Waals surface area contributed by atoms with Crippen molar-refractivity contribution in [3.05, 3.63) is 28.2 Å². The van der Waals surface area contributed by atoms with Crippen LogP contribution in [0.15, 0.2) is 22.7 Å². The first-order chi connectivity index (χ1) is 8.00. The summed E-state index contributed by atoms with van der Waals surface area (Å²) in [5.41, 5.74) is -0.794. The third-order valence-corrected chi connectivity index (χ3v) is 2.33. The molecule has 1 aromatic carbocycles. The van der Waals surface area contributed by atoms with Gasteiger partial charge in [-0.25, -0.2) is 0 Å². The summed E-state index contributed by atoms with van der Waals surface area (Å²) >= 11 is 2.58. The quantitative estimate of drug-likeness (QED) is 0.600. The maximum Gasteiger partial charge on any atom is 0.573 e. The van der Waals surface area contributed by atoms with Gasteiger partial charge in [-0.05, 0) is 34.1 Å². The van der Waals surface area contributed by atoms with Gasteiger partial charge in [0.2, 0.25) is 0 Å². The number of hydrogen-bond donors (Lipinski definition) is 0. The van der Waals surface area contributed by atoms with E-state index in [4.69, 9.17) is 0 Å². The molecule has 0 aliphatic carbocycles. The Hall–Kier alpha value is -1.25. The third-order valence-electron chi connectivity index (χ3n) is 1.68. The van der Waals surface area contributed by atoms with Crippen molar-refractivity contribution in [1.82, 2.24) is 0 Å². The average Bonchev–Trinajstić information content (AvgIpc) is 2.12. The van der Waals surface area contributed by atoms with E-state index < -0.39 is 34.1 Å². The van der Waals surface area contributed by atoms with Crippen molar-refractivity contribution in [1.29, 1.82) is 0 Å². The second-order valence-electron chi connectivity index (χ2n) is 3.02. The highest BCUT2D eigenvalue weighted by Gasteiger charge is 2.40. The number of halogens is 7. The minimum atomic E-state index is -5.10. The van der Waals surface area contributed by atoms with E-state index in [0.717, 1.165) is 0 Å². The van der Waals surface area contributed by atoms with E-state index in [-0.39, 0.29) is 0 Å². The highest BCUT2D eigenvalue weighted by Crippen LogP contribution is 2.31. The van der Waals surface area contributed by atoms with Gasteiger partial charge in [-0.3, -0.25) is 4.79 Å². The number of benzene rings is 1. The maximum absolute atomic E-state index is 12.1. The first kappa shape index (κ1) is 14.8. The van der Waals surface area contributed by atoms with Gasteiger partial charge < -0.3 is 4.74 Å². The molecule has 100 valence electrons. The van der Waals surface area contributed by atoms with E-state index in [0.29, 0.717) is 18.2 Å². The summed E-state index contributed by atoms with van der Waals surface area (Å²) in [6.45, 7) is 0. The van der Waals surface area contributed by atoms with Crippen molar-refractivity contribution in [3.63, 3.8) is 0 Å². The first-order valence-corrected chi connectivity index (χ1v) is 4.97. The molecule has 0 aliphatic heterocycles. The molecule has 0 N–H and O–H groups in total. The number of alkyl halides is 6. The number of hydrogen-bond acceptors (Lipinski definition) is 2. The van der Waals surface area contributed by atoms with Gasteiger partial charge in [0.15, 0.2) is 0 Å². The van der Waals surface area contributed by atoms with Crippen LogP contribution in [0.3, 0.4) is 0 Å². The van der Waals surface area contributed by atoms with E-state index in [2.05, 4.69) is 20.7 Å². The van der Waals surface area contributed by atoms with E-state index in [1.165, 1.54) is 0 Å². The standard InChI is InChI=1S/C9H3BrF6O2/c10-6-3-4(18-9(14,15)16)1-2-5(6)7(17)8(11,12)13/h1-3H. The summed E-state index contributed by atoms with van der Waals surface area (Å²) in [4.78, 5) is 10.9. The monoisotopic (exact) mass is 336 g/mol. The fourth-order valence-corrected chi connectivity index (χ4v) is 1.57. The SMILES string of the molecule is O=C(c1ccc(OC(F)(F)F)cc1Br)C(F)(F)F. The molecule has 0 aromatic heterocycles. The van der Waals surface area contributed by atoms with Crippen LogP contribution in [-0.4, -0.2) is 18.3 Å². The average molecular weight is 337 g/mol. The maximum atomic E-state index is 12.1. The number of carbonyl (C=O) groups excluding carboxylic acids is 1. The van der Waals surface area contributed by atoms with Crippen molar-refractivity contribution in [2.75, 3.05) is 0 Å². The minimum absolute atomic E-state index is 0.438. The predicted molar refractivity (Wildman–Crippen MR) is 51.2 cm³/mol. The Morgan fingerprint density at radius 3 is 2.06 bits per heavy atom. The fraction of sp³-hybridized carbons (Fsp3) is 0.222. The fourth-order valence-electron chi connectivity index (χ4n) is 1.03. The third kappa shape index (κ3) is 3.90. The first-order valence-electron chi connectivity index (χ1n) is 4.17. The van der Waals surface area contributed by atoms with Gasteiger partial charge in [0, 0.05) is 10.0 Å². The minimum Gasteiger partial charge on any atom is -0.406 e. The molecule has 9 heteroatoms. The van der Waals surface area contributed by atoms with E-state index in [1.54, 1.807) is 0 Å². The summed E-state index contributed by atoms with van der Waals surface area (Å²) in [5, 5.41) is 0. The smallest absolute Gasteiger partial charge is 0.406 e. The van der Waals surface area contributed by atoms with Crippen LogP contribution in [0.4, 0.5) is 26.3 Å². The highest BCUT2D eigenvalue weighted by atomic mass is 79.9. The second-order valence-corrected chi connectivity index (χ2v) is 3.87. The normalized spacial score (nSPS) is 12.4. The van der Waals surface area contributed by atoms with Crippen LogP contribution in [0.2, 0.25) is 0 Å². The van der Waals surface area contributed by atoms with E-state index >= 15 is 0 Å². The van der Waals surface area contributed by atoms with Crippen molar-refractivity contribution in [3.8, 4) is 5.75 Å². The lowest BCUT2D eigenvalue weighted by Gasteiger charge is -2.11. The molecule has 0 unspecified atom stereocenters. The van der Waals surface area contributed by atoms with Gasteiger partial charge >= 0.3 is 12.5 Å². The number of ketones is 1. The molecular formula is C9H3BrF6O2.